The average Bonchev–Trinajstić information content (AvgIpc) is 2.96. The van der Waals surface area contributed by atoms with E-state index >= 15 is 0 Å². The van der Waals surface area contributed by atoms with Gasteiger partial charge in [0.1, 0.15) is 12.6 Å². The first kappa shape index (κ1) is 32.9. The summed E-state index contributed by atoms with van der Waals surface area (Å²) in [5.74, 6) is -1.23. The van der Waals surface area contributed by atoms with Crippen molar-refractivity contribution in [2.45, 2.75) is 63.3 Å². The number of amides is 2. The maximum Gasteiger partial charge on any atom is 0.416 e. The molecule has 0 saturated carbocycles. The van der Waals surface area contributed by atoms with Crippen molar-refractivity contribution in [3.8, 4) is 0 Å². The Hall–Kier alpha value is -3.57. The molecule has 0 aliphatic rings. The number of carbonyl (C=O) groups excluding carboxylic acids is 2. The van der Waals surface area contributed by atoms with Gasteiger partial charge < -0.3 is 10.2 Å². The Balaban J connectivity index is 2.12. The SMILES string of the molecule is CCC(C)NC(=O)C(CC)N(Cc1ccccc1Cl)C(=O)CN(c1cccc(C(F)(F)F)c1)S(=O)(=O)c1ccccc1. The number of benzene rings is 3. The molecule has 2 unspecified atom stereocenters. The number of hydrogen-bond donors (Lipinski definition) is 1. The minimum atomic E-state index is -4.75. The number of rotatable bonds is 12. The van der Waals surface area contributed by atoms with Crippen molar-refractivity contribution < 1.29 is 31.2 Å². The lowest BCUT2D eigenvalue weighted by Gasteiger charge is -2.34. The zero-order valence-corrected chi connectivity index (χ0v) is 25.0. The van der Waals surface area contributed by atoms with Gasteiger partial charge in [-0.25, -0.2) is 8.42 Å². The van der Waals surface area contributed by atoms with Crippen LogP contribution in [0.15, 0.2) is 83.8 Å². The van der Waals surface area contributed by atoms with Crippen LogP contribution in [-0.4, -0.2) is 43.8 Å². The molecule has 3 aromatic rings. The highest BCUT2D eigenvalue weighted by atomic mass is 35.5. The van der Waals surface area contributed by atoms with Gasteiger partial charge in [-0.15, -0.1) is 0 Å². The quantitative estimate of drug-likeness (QED) is 0.257. The Morgan fingerprint density at radius 2 is 1.57 bits per heavy atom. The van der Waals surface area contributed by atoms with Crippen molar-refractivity contribution in [2.24, 2.45) is 0 Å². The fourth-order valence-electron chi connectivity index (χ4n) is 4.26. The normalized spacial score (nSPS) is 13.2. The molecule has 0 aliphatic heterocycles. The van der Waals surface area contributed by atoms with Crippen LogP contribution < -0.4 is 9.62 Å². The molecule has 12 heteroatoms. The minimum Gasteiger partial charge on any atom is -0.352 e. The van der Waals surface area contributed by atoms with Crippen LogP contribution in [0.25, 0.3) is 0 Å². The molecule has 1 N–H and O–H groups in total. The van der Waals surface area contributed by atoms with Gasteiger partial charge in [-0.05, 0) is 61.7 Å². The van der Waals surface area contributed by atoms with E-state index in [1.54, 1.807) is 37.3 Å². The van der Waals surface area contributed by atoms with E-state index in [9.17, 15) is 31.2 Å². The first-order chi connectivity index (χ1) is 19.8. The van der Waals surface area contributed by atoms with E-state index in [4.69, 9.17) is 11.6 Å². The van der Waals surface area contributed by atoms with Gasteiger partial charge in [0.15, 0.2) is 0 Å². The number of anilines is 1. The summed E-state index contributed by atoms with van der Waals surface area (Å²) in [6.07, 6.45) is -3.92. The van der Waals surface area contributed by atoms with Gasteiger partial charge in [0, 0.05) is 17.6 Å². The summed E-state index contributed by atoms with van der Waals surface area (Å²) < 4.78 is 69.0. The summed E-state index contributed by atoms with van der Waals surface area (Å²) in [5, 5.41) is 3.19. The molecular weight excluding hydrogens is 591 g/mol. The van der Waals surface area contributed by atoms with Crippen molar-refractivity contribution >= 4 is 39.1 Å². The van der Waals surface area contributed by atoms with Gasteiger partial charge in [-0.1, -0.05) is 67.9 Å². The third kappa shape index (κ3) is 8.04. The second kappa shape index (κ2) is 14.1. The Morgan fingerprint density at radius 3 is 2.17 bits per heavy atom. The van der Waals surface area contributed by atoms with Gasteiger partial charge in [0.25, 0.3) is 10.0 Å². The standard InChI is InChI=1S/C30H33ClF3N3O4S/c1-4-21(3)35-29(39)27(5-2)36(19-22-12-9-10-17-26(22)31)28(38)20-37(42(40,41)25-15-7-6-8-16-25)24-14-11-13-23(18-24)30(32,33)34/h6-18,21,27H,4-5,19-20H2,1-3H3,(H,35,39). The highest BCUT2D eigenvalue weighted by Crippen LogP contribution is 2.33. The second-order valence-corrected chi connectivity index (χ2v) is 12.0. The van der Waals surface area contributed by atoms with Crippen molar-refractivity contribution in [1.29, 1.82) is 0 Å². The van der Waals surface area contributed by atoms with Crippen LogP contribution in [0.4, 0.5) is 18.9 Å². The minimum absolute atomic E-state index is 0.132. The van der Waals surface area contributed by atoms with E-state index in [-0.39, 0.29) is 29.6 Å². The molecule has 226 valence electrons. The number of halogens is 4. The number of alkyl halides is 3. The van der Waals surface area contributed by atoms with E-state index < -0.39 is 46.2 Å². The average molecular weight is 624 g/mol. The van der Waals surface area contributed by atoms with Gasteiger partial charge in [0.2, 0.25) is 11.8 Å². The molecule has 0 aliphatic carbocycles. The van der Waals surface area contributed by atoms with Crippen molar-refractivity contribution in [1.82, 2.24) is 10.2 Å². The van der Waals surface area contributed by atoms with E-state index in [2.05, 4.69) is 5.32 Å². The highest BCUT2D eigenvalue weighted by molar-refractivity contribution is 7.92. The fourth-order valence-corrected chi connectivity index (χ4v) is 5.88. The second-order valence-electron chi connectivity index (χ2n) is 9.73. The smallest absolute Gasteiger partial charge is 0.352 e. The molecule has 0 radical (unpaired) electrons. The summed E-state index contributed by atoms with van der Waals surface area (Å²) in [7, 11) is -4.51. The highest BCUT2D eigenvalue weighted by Gasteiger charge is 2.36. The summed E-state index contributed by atoms with van der Waals surface area (Å²) in [6.45, 7) is 4.41. The molecule has 7 nitrogen and oxygen atoms in total. The monoisotopic (exact) mass is 623 g/mol. The molecule has 3 rings (SSSR count). The first-order valence-corrected chi connectivity index (χ1v) is 15.2. The van der Waals surface area contributed by atoms with Crippen LogP contribution in [0.2, 0.25) is 5.02 Å². The van der Waals surface area contributed by atoms with Crippen LogP contribution in [0, 0.1) is 0 Å². The van der Waals surface area contributed by atoms with Gasteiger partial charge in [-0.3, -0.25) is 13.9 Å². The van der Waals surface area contributed by atoms with Crippen molar-refractivity contribution in [3.05, 3.63) is 95.0 Å². The van der Waals surface area contributed by atoms with Gasteiger partial charge in [-0.2, -0.15) is 13.2 Å². The molecule has 0 aromatic heterocycles. The molecule has 3 aromatic carbocycles. The molecule has 0 saturated heterocycles. The lowest BCUT2D eigenvalue weighted by Crippen LogP contribution is -2.53. The molecule has 0 spiro atoms. The van der Waals surface area contributed by atoms with Gasteiger partial charge >= 0.3 is 6.18 Å². The lowest BCUT2D eigenvalue weighted by atomic mass is 10.1. The Kier molecular flexibility index (Phi) is 11.0. The van der Waals surface area contributed by atoms with Crippen LogP contribution >= 0.6 is 11.6 Å². The van der Waals surface area contributed by atoms with E-state index in [0.29, 0.717) is 27.4 Å². The van der Waals surface area contributed by atoms with Crippen LogP contribution in [0.1, 0.15) is 44.7 Å². The third-order valence-corrected chi connectivity index (χ3v) is 8.91. The predicted molar refractivity (Wildman–Crippen MR) is 156 cm³/mol. The van der Waals surface area contributed by atoms with E-state index in [1.807, 2.05) is 13.8 Å². The Morgan fingerprint density at radius 1 is 0.929 bits per heavy atom. The van der Waals surface area contributed by atoms with Crippen molar-refractivity contribution in [2.75, 3.05) is 10.8 Å². The summed E-state index contributed by atoms with van der Waals surface area (Å²) in [4.78, 5) is 28.3. The third-order valence-electron chi connectivity index (χ3n) is 6.76. The first-order valence-electron chi connectivity index (χ1n) is 13.4. The molecular formula is C30H33ClF3N3O4S. The zero-order valence-electron chi connectivity index (χ0n) is 23.4. The molecule has 2 atom stereocenters. The number of nitrogens with one attached hydrogen (secondary N) is 1. The number of carbonyl (C=O) groups is 2. The molecule has 42 heavy (non-hydrogen) atoms. The van der Waals surface area contributed by atoms with Crippen molar-refractivity contribution in [3.63, 3.8) is 0 Å². The van der Waals surface area contributed by atoms with Crippen LogP contribution in [-0.2, 0) is 32.3 Å². The number of nitrogens with zero attached hydrogens (tertiary/aromatic N) is 2. The predicted octanol–water partition coefficient (Wildman–Crippen LogP) is 6.28. The Labute approximate surface area is 249 Å². The van der Waals surface area contributed by atoms with Crippen LogP contribution in [0.3, 0.4) is 0 Å². The topological polar surface area (TPSA) is 86.8 Å². The summed E-state index contributed by atoms with van der Waals surface area (Å²) >= 11 is 6.37. The van der Waals surface area contributed by atoms with Crippen LogP contribution in [0.5, 0.6) is 0 Å². The summed E-state index contributed by atoms with van der Waals surface area (Å²) in [5.41, 5.74) is -0.913. The Bertz CT molecular complexity index is 1490. The summed E-state index contributed by atoms with van der Waals surface area (Å²) in [6, 6.07) is 16.4. The maximum absolute atomic E-state index is 14.0. The largest absolute Gasteiger partial charge is 0.416 e. The number of sulfonamides is 1. The fraction of sp³-hybridized carbons (Fsp3) is 0.333. The lowest BCUT2D eigenvalue weighted by molar-refractivity contribution is -0.140. The molecule has 0 heterocycles. The maximum atomic E-state index is 14.0. The molecule has 2 amide bonds. The van der Waals surface area contributed by atoms with E-state index in [0.717, 1.165) is 12.1 Å². The van der Waals surface area contributed by atoms with Gasteiger partial charge in [0.05, 0.1) is 16.1 Å². The van der Waals surface area contributed by atoms with E-state index in [1.165, 1.54) is 35.2 Å². The zero-order chi connectivity index (χ0) is 31.1. The molecule has 0 fully saturated rings. The molecule has 0 bridgehead atoms. The number of hydrogen-bond acceptors (Lipinski definition) is 4.